The van der Waals surface area contributed by atoms with Gasteiger partial charge in [-0.15, -0.1) is 0 Å². The zero-order valence-corrected chi connectivity index (χ0v) is 22.7. The molecular formula is C28H32N10O. The van der Waals surface area contributed by atoms with Crippen molar-refractivity contribution in [2.75, 3.05) is 27.2 Å². The Morgan fingerprint density at radius 3 is 2.64 bits per heavy atom. The monoisotopic (exact) mass is 524 g/mol. The molecule has 0 amide bonds. The molecule has 11 heteroatoms. The molecule has 200 valence electrons. The topological polar surface area (TPSA) is 139 Å². The highest BCUT2D eigenvalue weighted by Crippen LogP contribution is 2.28. The van der Waals surface area contributed by atoms with Crippen LogP contribution in [0, 0.1) is 6.92 Å². The number of H-pyrrole nitrogens is 2. The lowest BCUT2D eigenvalue weighted by Crippen LogP contribution is -2.17. The van der Waals surface area contributed by atoms with Crippen molar-refractivity contribution in [3.63, 3.8) is 0 Å². The summed E-state index contributed by atoms with van der Waals surface area (Å²) in [6, 6.07) is 5.72. The first-order valence-electron chi connectivity index (χ1n) is 12.6. The SMILES string of the molecule is CC(C)=C/C(=C\C(=C/N)c1ccc2[nH]nc(-c3nc4c(-n5cnc(C)c5)nccc4[nH]3)c2n1)OCCN(C)C. The number of nitrogens with zero attached hydrogens (tertiary/aromatic N) is 7. The Labute approximate surface area is 226 Å². The van der Waals surface area contributed by atoms with E-state index in [9.17, 15) is 0 Å². The third kappa shape index (κ3) is 5.58. The third-order valence-corrected chi connectivity index (χ3v) is 5.98. The number of nitrogens with one attached hydrogen (secondary N) is 2. The Morgan fingerprint density at radius 1 is 1.08 bits per heavy atom. The number of aromatic amines is 2. The lowest BCUT2D eigenvalue weighted by Gasteiger charge is -2.13. The summed E-state index contributed by atoms with van der Waals surface area (Å²) < 4.78 is 7.90. The number of pyridine rings is 2. The molecule has 11 nitrogen and oxygen atoms in total. The van der Waals surface area contributed by atoms with Crippen molar-refractivity contribution in [2.24, 2.45) is 5.73 Å². The number of fused-ring (bicyclic) bond motifs is 2. The number of likely N-dealkylation sites (N-methyl/N-ethyl adjacent to an activating group) is 1. The zero-order chi connectivity index (χ0) is 27.5. The molecule has 0 aliphatic rings. The molecule has 0 saturated heterocycles. The smallest absolute Gasteiger partial charge is 0.166 e. The fraction of sp³-hybridized carbons (Fsp3) is 0.250. The van der Waals surface area contributed by atoms with E-state index in [4.69, 9.17) is 20.4 Å². The van der Waals surface area contributed by atoms with Gasteiger partial charge in [0.1, 0.15) is 29.7 Å². The van der Waals surface area contributed by atoms with Gasteiger partial charge in [-0.05, 0) is 65.2 Å². The second-order valence-corrected chi connectivity index (χ2v) is 9.75. The van der Waals surface area contributed by atoms with Crippen LogP contribution in [-0.2, 0) is 4.74 Å². The maximum atomic E-state index is 6.07. The van der Waals surface area contributed by atoms with Crippen molar-refractivity contribution in [1.29, 1.82) is 0 Å². The molecule has 0 spiro atoms. The molecule has 0 saturated carbocycles. The molecular weight excluding hydrogens is 492 g/mol. The van der Waals surface area contributed by atoms with Crippen molar-refractivity contribution in [2.45, 2.75) is 20.8 Å². The van der Waals surface area contributed by atoms with Gasteiger partial charge in [0.2, 0.25) is 0 Å². The molecule has 5 aromatic heterocycles. The molecule has 4 N–H and O–H groups in total. The largest absolute Gasteiger partial charge is 0.492 e. The number of nitrogens with two attached hydrogens (primary N) is 1. The number of allylic oxidation sites excluding steroid dienone is 4. The van der Waals surface area contributed by atoms with Crippen LogP contribution in [0.1, 0.15) is 25.2 Å². The molecule has 0 atom stereocenters. The zero-order valence-electron chi connectivity index (χ0n) is 22.7. The van der Waals surface area contributed by atoms with Crippen LogP contribution in [-0.4, -0.2) is 71.8 Å². The predicted octanol–water partition coefficient (Wildman–Crippen LogP) is 4.12. The summed E-state index contributed by atoms with van der Waals surface area (Å²) in [6.07, 6.45) is 10.8. The van der Waals surface area contributed by atoms with Crippen molar-refractivity contribution in [3.8, 4) is 17.3 Å². The highest BCUT2D eigenvalue weighted by molar-refractivity contribution is 5.92. The Balaban J connectivity index is 1.53. The van der Waals surface area contributed by atoms with Gasteiger partial charge in [-0.1, -0.05) is 5.57 Å². The van der Waals surface area contributed by atoms with Gasteiger partial charge in [-0.3, -0.25) is 9.67 Å². The number of hydrogen-bond acceptors (Lipinski definition) is 8. The first kappa shape index (κ1) is 25.9. The fourth-order valence-corrected chi connectivity index (χ4v) is 4.10. The number of hydrogen-bond donors (Lipinski definition) is 3. The first-order valence-corrected chi connectivity index (χ1v) is 12.6. The van der Waals surface area contributed by atoms with Gasteiger partial charge in [0.25, 0.3) is 0 Å². The van der Waals surface area contributed by atoms with Gasteiger partial charge < -0.3 is 20.4 Å². The minimum atomic E-state index is 0.556. The van der Waals surface area contributed by atoms with E-state index in [2.05, 4.69) is 30.0 Å². The van der Waals surface area contributed by atoms with Crippen molar-refractivity contribution < 1.29 is 4.74 Å². The van der Waals surface area contributed by atoms with Crippen molar-refractivity contribution in [1.82, 2.24) is 44.6 Å². The second kappa shape index (κ2) is 10.9. The molecule has 39 heavy (non-hydrogen) atoms. The maximum absolute atomic E-state index is 6.07. The lowest BCUT2D eigenvalue weighted by molar-refractivity contribution is 0.193. The highest BCUT2D eigenvalue weighted by Gasteiger charge is 2.18. The number of imidazole rings is 2. The Kier molecular flexibility index (Phi) is 7.24. The number of rotatable bonds is 9. The van der Waals surface area contributed by atoms with E-state index < -0.39 is 0 Å². The van der Waals surface area contributed by atoms with Crippen molar-refractivity contribution in [3.05, 3.63) is 78.0 Å². The minimum absolute atomic E-state index is 0.556. The quantitative estimate of drug-likeness (QED) is 0.193. The molecule has 0 aliphatic heterocycles. The molecule has 0 bridgehead atoms. The average Bonchev–Trinajstić information content (AvgIpc) is 3.63. The summed E-state index contributed by atoms with van der Waals surface area (Å²) in [5.41, 5.74) is 13.1. The third-order valence-electron chi connectivity index (χ3n) is 5.98. The van der Waals surface area contributed by atoms with Gasteiger partial charge in [0.15, 0.2) is 17.3 Å². The van der Waals surface area contributed by atoms with Crippen LogP contribution in [0.25, 0.3) is 45.0 Å². The molecule has 0 aromatic carbocycles. The van der Waals surface area contributed by atoms with E-state index in [1.807, 2.05) is 76.0 Å². The predicted molar refractivity (Wildman–Crippen MR) is 153 cm³/mol. The summed E-state index contributed by atoms with van der Waals surface area (Å²) >= 11 is 0. The van der Waals surface area contributed by atoms with E-state index in [1.165, 1.54) is 6.20 Å². The van der Waals surface area contributed by atoms with E-state index in [-0.39, 0.29) is 0 Å². The highest BCUT2D eigenvalue weighted by atomic mass is 16.5. The Hall–Kier alpha value is -4.77. The van der Waals surface area contributed by atoms with Crippen LogP contribution >= 0.6 is 0 Å². The van der Waals surface area contributed by atoms with Gasteiger partial charge in [-0.25, -0.2) is 19.9 Å². The van der Waals surface area contributed by atoms with E-state index in [0.29, 0.717) is 40.7 Å². The van der Waals surface area contributed by atoms with Crippen LogP contribution < -0.4 is 5.73 Å². The fourth-order valence-electron chi connectivity index (χ4n) is 4.10. The summed E-state index contributed by atoms with van der Waals surface area (Å²) in [5.74, 6) is 1.98. The van der Waals surface area contributed by atoms with Gasteiger partial charge in [0, 0.05) is 30.7 Å². The summed E-state index contributed by atoms with van der Waals surface area (Å²) in [4.78, 5) is 24.0. The molecule has 0 aliphatic carbocycles. The van der Waals surface area contributed by atoms with E-state index >= 15 is 0 Å². The Bertz CT molecular complexity index is 1710. The average molecular weight is 525 g/mol. The number of ether oxygens (including phenoxy) is 1. The van der Waals surface area contributed by atoms with Crippen LogP contribution in [0.2, 0.25) is 0 Å². The van der Waals surface area contributed by atoms with Gasteiger partial charge in [-0.2, -0.15) is 5.10 Å². The van der Waals surface area contributed by atoms with Crippen molar-refractivity contribution >= 4 is 27.6 Å². The lowest BCUT2D eigenvalue weighted by atomic mass is 10.1. The Morgan fingerprint density at radius 2 is 1.92 bits per heavy atom. The summed E-state index contributed by atoms with van der Waals surface area (Å²) in [6.45, 7) is 7.34. The summed E-state index contributed by atoms with van der Waals surface area (Å²) in [7, 11) is 4.02. The molecule has 0 radical (unpaired) electrons. The molecule has 5 aromatic rings. The first-order chi connectivity index (χ1) is 18.8. The number of aromatic nitrogens is 8. The van der Waals surface area contributed by atoms with Crippen LogP contribution in [0.15, 0.2) is 66.6 Å². The molecule has 5 heterocycles. The second-order valence-electron chi connectivity index (χ2n) is 9.75. The van der Waals surface area contributed by atoms with Gasteiger partial charge >= 0.3 is 0 Å². The van der Waals surface area contributed by atoms with E-state index in [0.717, 1.165) is 40.2 Å². The molecule has 0 unspecified atom stereocenters. The van der Waals surface area contributed by atoms with E-state index in [1.54, 1.807) is 12.5 Å². The van der Waals surface area contributed by atoms with Gasteiger partial charge in [0.05, 0.1) is 22.4 Å². The van der Waals surface area contributed by atoms with Crippen LogP contribution in [0.4, 0.5) is 0 Å². The molecule has 5 rings (SSSR count). The minimum Gasteiger partial charge on any atom is -0.492 e. The van der Waals surface area contributed by atoms with Crippen LogP contribution in [0.5, 0.6) is 0 Å². The summed E-state index contributed by atoms with van der Waals surface area (Å²) in [5, 5.41) is 7.59. The van der Waals surface area contributed by atoms with Crippen LogP contribution in [0.3, 0.4) is 0 Å². The maximum Gasteiger partial charge on any atom is 0.166 e. The molecule has 0 fully saturated rings. The number of aryl methyl sites for hydroxylation is 1. The normalized spacial score (nSPS) is 12.6. The standard InChI is InChI=1S/C28H32N10O/c1-17(2)12-20(39-11-10-37(4)5)13-19(14-29)21-6-7-23-24(32-21)26(36-35-23)27-33-22-8-9-30-28(25(22)34-27)38-15-18(3)31-16-38/h6-9,12-16H,10-11,29H2,1-5H3,(H,33,34)(H,35,36)/b19-14+,20-13+.